The van der Waals surface area contributed by atoms with Gasteiger partial charge in [0.25, 0.3) is 0 Å². The van der Waals surface area contributed by atoms with Gasteiger partial charge in [-0.3, -0.25) is 4.79 Å². The third-order valence-electron chi connectivity index (χ3n) is 6.27. The van der Waals surface area contributed by atoms with Gasteiger partial charge in [0.15, 0.2) is 0 Å². The van der Waals surface area contributed by atoms with Crippen LogP contribution in [0.25, 0.3) is 22.4 Å². The number of halogens is 1. The van der Waals surface area contributed by atoms with Crippen molar-refractivity contribution < 1.29 is 9.53 Å². The van der Waals surface area contributed by atoms with E-state index in [-0.39, 0.29) is 18.6 Å². The van der Waals surface area contributed by atoms with Crippen molar-refractivity contribution in [1.82, 2.24) is 9.55 Å². The summed E-state index contributed by atoms with van der Waals surface area (Å²) in [6.45, 7) is 6.83. The van der Waals surface area contributed by atoms with Crippen LogP contribution in [0.1, 0.15) is 40.0 Å². The highest BCUT2D eigenvalue weighted by Gasteiger charge is 2.33. The number of imidazole rings is 1. The lowest BCUT2D eigenvalue weighted by atomic mass is 9.75. The van der Waals surface area contributed by atoms with Crippen LogP contribution in [0.15, 0.2) is 48.5 Å². The lowest BCUT2D eigenvalue weighted by Crippen LogP contribution is -2.36. The zero-order valence-corrected chi connectivity index (χ0v) is 18.6. The summed E-state index contributed by atoms with van der Waals surface area (Å²) in [6, 6.07) is 15.4. The number of aromatic nitrogens is 2. The van der Waals surface area contributed by atoms with Crippen molar-refractivity contribution >= 4 is 28.6 Å². The van der Waals surface area contributed by atoms with E-state index in [1.165, 1.54) is 6.42 Å². The maximum Gasteiger partial charge on any atom is 0.326 e. The molecular weight excluding hydrogens is 396 g/mol. The molecule has 0 aliphatic heterocycles. The van der Waals surface area contributed by atoms with E-state index in [1.54, 1.807) is 0 Å². The maximum absolute atomic E-state index is 13.1. The van der Waals surface area contributed by atoms with E-state index in [9.17, 15) is 4.79 Å². The number of benzene rings is 2. The van der Waals surface area contributed by atoms with Crippen molar-refractivity contribution in [1.29, 1.82) is 0 Å². The van der Waals surface area contributed by atoms with Crippen LogP contribution in [-0.4, -0.2) is 21.6 Å². The number of para-hydroxylation sites is 2. The molecular formula is C25H29ClN2O2. The molecule has 4 rings (SSSR count). The zero-order valence-electron chi connectivity index (χ0n) is 17.8. The van der Waals surface area contributed by atoms with Crippen molar-refractivity contribution in [2.24, 2.45) is 17.8 Å². The van der Waals surface area contributed by atoms with E-state index in [2.05, 4.69) is 20.8 Å². The average molecular weight is 425 g/mol. The van der Waals surface area contributed by atoms with Gasteiger partial charge in [0.1, 0.15) is 18.5 Å². The fourth-order valence-electron chi connectivity index (χ4n) is 4.67. The Kier molecular flexibility index (Phi) is 6.14. The minimum absolute atomic E-state index is 0.00865. The van der Waals surface area contributed by atoms with Crippen LogP contribution in [0, 0.1) is 17.8 Å². The van der Waals surface area contributed by atoms with E-state index in [0.29, 0.717) is 22.8 Å². The summed E-state index contributed by atoms with van der Waals surface area (Å²) < 4.78 is 8.00. The highest BCUT2D eigenvalue weighted by Crippen LogP contribution is 2.35. The van der Waals surface area contributed by atoms with Gasteiger partial charge in [-0.1, -0.05) is 63.1 Å². The third kappa shape index (κ3) is 4.39. The summed E-state index contributed by atoms with van der Waals surface area (Å²) in [6.07, 6.45) is 3.27. The molecule has 158 valence electrons. The standard InChI is InChI=1S/C25H29ClN2O2/c1-16(2)20-12-11-17(3)13-23(20)30-24(29)15-28-22-10-5-4-9-21(22)27-25(28)18-7-6-8-19(26)14-18/h4-10,14,16-17,20,23H,11-13,15H2,1-3H3/t17?,20?,23-/m1/s1. The van der Waals surface area contributed by atoms with Gasteiger partial charge < -0.3 is 9.30 Å². The van der Waals surface area contributed by atoms with Gasteiger partial charge in [-0.15, -0.1) is 0 Å². The summed E-state index contributed by atoms with van der Waals surface area (Å²) in [7, 11) is 0. The summed E-state index contributed by atoms with van der Waals surface area (Å²) in [5.41, 5.74) is 2.66. The molecule has 2 aromatic carbocycles. The molecule has 0 amide bonds. The number of hydrogen-bond acceptors (Lipinski definition) is 3. The van der Waals surface area contributed by atoms with E-state index in [1.807, 2.05) is 53.1 Å². The highest BCUT2D eigenvalue weighted by molar-refractivity contribution is 6.30. The minimum Gasteiger partial charge on any atom is -0.461 e. The molecule has 1 fully saturated rings. The summed E-state index contributed by atoms with van der Waals surface area (Å²) >= 11 is 6.21. The van der Waals surface area contributed by atoms with Gasteiger partial charge >= 0.3 is 5.97 Å². The predicted molar refractivity (Wildman–Crippen MR) is 121 cm³/mol. The van der Waals surface area contributed by atoms with Crippen LogP contribution in [0.4, 0.5) is 0 Å². The summed E-state index contributed by atoms with van der Waals surface area (Å²) in [5.74, 6) is 2.05. The molecule has 0 bridgehead atoms. The molecule has 0 spiro atoms. The first kappa shape index (κ1) is 20.9. The SMILES string of the molecule is CC1CCC(C(C)C)[C@H](OC(=O)Cn2c(-c3cccc(Cl)c3)nc3ccccc32)C1. The molecule has 2 unspecified atom stereocenters. The first-order chi connectivity index (χ1) is 14.4. The second-order valence-electron chi connectivity index (χ2n) is 8.88. The molecule has 1 aromatic heterocycles. The smallest absolute Gasteiger partial charge is 0.326 e. The van der Waals surface area contributed by atoms with E-state index >= 15 is 0 Å². The van der Waals surface area contributed by atoms with Gasteiger partial charge in [0, 0.05) is 10.6 Å². The Hall–Kier alpha value is -2.33. The lowest BCUT2D eigenvalue weighted by molar-refractivity contribution is -0.156. The van der Waals surface area contributed by atoms with Gasteiger partial charge in [-0.2, -0.15) is 0 Å². The molecule has 3 atom stereocenters. The van der Waals surface area contributed by atoms with Crippen molar-refractivity contribution in [3.63, 3.8) is 0 Å². The van der Waals surface area contributed by atoms with Crippen molar-refractivity contribution in [2.45, 2.75) is 52.7 Å². The van der Waals surface area contributed by atoms with Crippen molar-refractivity contribution in [3.05, 3.63) is 53.6 Å². The normalized spacial score (nSPS) is 21.8. The highest BCUT2D eigenvalue weighted by atomic mass is 35.5. The summed E-state index contributed by atoms with van der Waals surface area (Å²) in [4.78, 5) is 17.8. The van der Waals surface area contributed by atoms with E-state index in [4.69, 9.17) is 21.3 Å². The number of carbonyl (C=O) groups is 1. The Morgan fingerprint density at radius 1 is 1.20 bits per heavy atom. The number of esters is 1. The summed E-state index contributed by atoms with van der Waals surface area (Å²) in [5, 5.41) is 0.643. The van der Waals surface area contributed by atoms with Crippen molar-refractivity contribution in [2.75, 3.05) is 0 Å². The Bertz CT molecular complexity index is 1040. The number of nitrogens with zero attached hydrogens (tertiary/aromatic N) is 2. The van der Waals surface area contributed by atoms with Crippen LogP contribution in [-0.2, 0) is 16.1 Å². The van der Waals surface area contributed by atoms with Crippen LogP contribution in [0.3, 0.4) is 0 Å². The number of ether oxygens (including phenoxy) is 1. The third-order valence-corrected chi connectivity index (χ3v) is 6.50. The molecule has 0 saturated heterocycles. The lowest BCUT2D eigenvalue weighted by Gasteiger charge is -2.36. The monoisotopic (exact) mass is 424 g/mol. The topological polar surface area (TPSA) is 44.1 Å². The number of rotatable bonds is 5. The fourth-order valence-corrected chi connectivity index (χ4v) is 4.86. The molecule has 1 aliphatic rings. The molecule has 3 aromatic rings. The predicted octanol–water partition coefficient (Wildman–Crippen LogP) is 6.36. The van der Waals surface area contributed by atoms with Gasteiger partial charge in [-0.05, 0) is 54.9 Å². The zero-order chi connectivity index (χ0) is 21.3. The van der Waals surface area contributed by atoms with Crippen LogP contribution >= 0.6 is 11.6 Å². The Morgan fingerprint density at radius 3 is 2.77 bits per heavy atom. The van der Waals surface area contributed by atoms with Gasteiger partial charge in [0.05, 0.1) is 11.0 Å². The van der Waals surface area contributed by atoms with Crippen LogP contribution in [0.2, 0.25) is 5.02 Å². The molecule has 5 heteroatoms. The number of carbonyl (C=O) groups excluding carboxylic acids is 1. The Balaban J connectivity index is 1.63. The van der Waals surface area contributed by atoms with Crippen LogP contribution < -0.4 is 0 Å². The molecule has 30 heavy (non-hydrogen) atoms. The maximum atomic E-state index is 13.1. The molecule has 0 radical (unpaired) electrons. The van der Waals surface area contributed by atoms with E-state index < -0.39 is 0 Å². The molecule has 1 aliphatic carbocycles. The first-order valence-electron chi connectivity index (χ1n) is 10.8. The largest absolute Gasteiger partial charge is 0.461 e. The second kappa shape index (κ2) is 8.81. The van der Waals surface area contributed by atoms with Crippen molar-refractivity contribution in [3.8, 4) is 11.4 Å². The fraction of sp³-hybridized carbons (Fsp3) is 0.440. The van der Waals surface area contributed by atoms with Crippen LogP contribution in [0.5, 0.6) is 0 Å². The van der Waals surface area contributed by atoms with E-state index in [0.717, 1.165) is 35.3 Å². The van der Waals surface area contributed by atoms with Gasteiger partial charge in [-0.25, -0.2) is 4.98 Å². The second-order valence-corrected chi connectivity index (χ2v) is 9.31. The Morgan fingerprint density at radius 2 is 2.00 bits per heavy atom. The minimum atomic E-state index is -0.203. The first-order valence-corrected chi connectivity index (χ1v) is 11.2. The molecule has 1 heterocycles. The quantitative estimate of drug-likeness (QED) is 0.447. The van der Waals surface area contributed by atoms with Gasteiger partial charge in [0.2, 0.25) is 0 Å². The Labute approximate surface area is 183 Å². The molecule has 0 N–H and O–H groups in total. The number of hydrogen-bond donors (Lipinski definition) is 0. The molecule has 4 nitrogen and oxygen atoms in total. The average Bonchev–Trinajstić information content (AvgIpc) is 3.06. The molecule has 1 saturated carbocycles. The number of fused-ring (bicyclic) bond motifs is 1.